The quantitative estimate of drug-likeness (QED) is 0.845. The van der Waals surface area contributed by atoms with E-state index in [1.807, 2.05) is 44.2 Å². The Balaban J connectivity index is 2.49. The molecule has 0 aromatic heterocycles. The lowest BCUT2D eigenvalue weighted by molar-refractivity contribution is -0.113. The minimum atomic E-state index is -0.171. The number of allylic oxidation sites excluding steroid dienone is 1. The molecule has 17 heavy (non-hydrogen) atoms. The van der Waals surface area contributed by atoms with Gasteiger partial charge in [0.1, 0.15) is 6.04 Å². The van der Waals surface area contributed by atoms with Gasteiger partial charge < -0.3 is 5.32 Å². The van der Waals surface area contributed by atoms with Gasteiger partial charge in [0.2, 0.25) is 0 Å². The van der Waals surface area contributed by atoms with Crippen LogP contribution in [0.4, 0.5) is 0 Å². The monoisotopic (exact) mass is 228 g/mol. The molecule has 0 radical (unpaired) electrons. The Labute approximate surface area is 101 Å². The predicted molar refractivity (Wildman–Crippen MR) is 68.8 cm³/mol. The van der Waals surface area contributed by atoms with Crippen molar-refractivity contribution in [2.75, 3.05) is 0 Å². The number of Topliss-reactive ketones (excluding diaryl/α,β-unsaturated/α-hetero) is 1. The zero-order chi connectivity index (χ0) is 12.4. The average Bonchev–Trinajstić information content (AvgIpc) is 2.28. The van der Waals surface area contributed by atoms with Crippen LogP contribution in [0.1, 0.15) is 32.4 Å². The number of hydrogen-bond acceptors (Lipinski definition) is 3. The van der Waals surface area contributed by atoms with E-state index < -0.39 is 0 Å². The highest BCUT2D eigenvalue weighted by Crippen LogP contribution is 2.30. The van der Waals surface area contributed by atoms with Gasteiger partial charge in [-0.25, -0.2) is 0 Å². The molecule has 0 aliphatic carbocycles. The molecule has 1 aliphatic rings. The first-order valence-corrected chi connectivity index (χ1v) is 5.67. The fourth-order valence-electron chi connectivity index (χ4n) is 2.17. The maximum Gasteiger partial charge on any atom is 0.160 e. The van der Waals surface area contributed by atoms with Crippen LogP contribution in [0.5, 0.6) is 0 Å². The van der Waals surface area contributed by atoms with E-state index in [1.54, 1.807) is 6.92 Å². The number of carbonyl (C=O) groups is 1. The molecule has 1 aromatic carbocycles. The van der Waals surface area contributed by atoms with Crippen molar-refractivity contribution in [2.24, 2.45) is 4.99 Å². The Bertz CT molecular complexity index is 500. The lowest BCUT2D eigenvalue weighted by Crippen LogP contribution is -2.28. The molecule has 1 atom stereocenters. The van der Waals surface area contributed by atoms with Crippen LogP contribution in [0.3, 0.4) is 0 Å². The Hall–Kier alpha value is -1.90. The molecular weight excluding hydrogens is 212 g/mol. The van der Waals surface area contributed by atoms with Crippen LogP contribution >= 0.6 is 0 Å². The molecule has 3 heteroatoms. The zero-order valence-electron chi connectivity index (χ0n) is 10.3. The summed E-state index contributed by atoms with van der Waals surface area (Å²) in [6, 6.07) is 9.73. The van der Waals surface area contributed by atoms with Gasteiger partial charge in [0.05, 0.1) is 5.84 Å². The molecule has 1 unspecified atom stereocenters. The minimum Gasteiger partial charge on any atom is -0.348 e. The van der Waals surface area contributed by atoms with Crippen molar-refractivity contribution < 1.29 is 4.79 Å². The molecule has 2 rings (SSSR count). The van der Waals surface area contributed by atoms with Gasteiger partial charge in [-0.15, -0.1) is 0 Å². The lowest BCUT2D eigenvalue weighted by Gasteiger charge is -2.24. The highest BCUT2D eigenvalue weighted by molar-refractivity contribution is 5.98. The number of hydrogen-bond donors (Lipinski definition) is 1. The van der Waals surface area contributed by atoms with Crippen LogP contribution in [0.2, 0.25) is 0 Å². The molecule has 1 heterocycles. The number of rotatable bonds is 2. The van der Waals surface area contributed by atoms with Gasteiger partial charge in [-0.05, 0) is 26.3 Å². The van der Waals surface area contributed by atoms with Crippen LogP contribution in [-0.4, -0.2) is 11.6 Å². The number of aliphatic imine (C=N–C) groups is 1. The third-order valence-electron chi connectivity index (χ3n) is 2.86. The summed E-state index contributed by atoms with van der Waals surface area (Å²) in [5.41, 5.74) is 2.71. The zero-order valence-corrected chi connectivity index (χ0v) is 10.3. The Morgan fingerprint density at radius 2 is 1.88 bits per heavy atom. The molecule has 3 nitrogen and oxygen atoms in total. The predicted octanol–water partition coefficient (Wildman–Crippen LogP) is 2.61. The van der Waals surface area contributed by atoms with Crippen molar-refractivity contribution in [3.8, 4) is 0 Å². The average molecular weight is 228 g/mol. The number of ketones is 1. The third-order valence-corrected chi connectivity index (χ3v) is 2.86. The number of amidine groups is 1. The highest BCUT2D eigenvalue weighted by Gasteiger charge is 2.25. The summed E-state index contributed by atoms with van der Waals surface area (Å²) in [5, 5.41) is 3.12. The van der Waals surface area contributed by atoms with Crippen molar-refractivity contribution in [1.29, 1.82) is 0 Å². The van der Waals surface area contributed by atoms with Gasteiger partial charge in [0.15, 0.2) is 5.78 Å². The summed E-state index contributed by atoms with van der Waals surface area (Å²) < 4.78 is 0. The number of benzene rings is 1. The van der Waals surface area contributed by atoms with Crippen molar-refractivity contribution in [3.63, 3.8) is 0 Å². The summed E-state index contributed by atoms with van der Waals surface area (Å²) in [7, 11) is 0. The van der Waals surface area contributed by atoms with E-state index in [-0.39, 0.29) is 11.8 Å². The summed E-state index contributed by atoms with van der Waals surface area (Å²) in [5.74, 6) is 0.918. The van der Waals surface area contributed by atoms with E-state index in [9.17, 15) is 4.79 Å². The van der Waals surface area contributed by atoms with E-state index in [0.717, 1.165) is 22.7 Å². The van der Waals surface area contributed by atoms with Crippen LogP contribution in [0, 0.1) is 0 Å². The van der Waals surface area contributed by atoms with Gasteiger partial charge in [0, 0.05) is 11.3 Å². The van der Waals surface area contributed by atoms with Crippen molar-refractivity contribution >= 4 is 11.6 Å². The van der Waals surface area contributed by atoms with Gasteiger partial charge in [0.25, 0.3) is 0 Å². The Morgan fingerprint density at radius 1 is 1.24 bits per heavy atom. The second-order valence-electron chi connectivity index (χ2n) is 4.25. The number of nitrogens with zero attached hydrogens (tertiary/aromatic N) is 1. The Kier molecular flexibility index (Phi) is 3.09. The van der Waals surface area contributed by atoms with Crippen molar-refractivity contribution in [1.82, 2.24) is 5.32 Å². The van der Waals surface area contributed by atoms with Crippen LogP contribution in [-0.2, 0) is 4.79 Å². The van der Waals surface area contributed by atoms with Gasteiger partial charge in [-0.2, -0.15) is 0 Å². The smallest absolute Gasteiger partial charge is 0.160 e. The van der Waals surface area contributed by atoms with E-state index in [0.29, 0.717) is 0 Å². The van der Waals surface area contributed by atoms with Gasteiger partial charge in [-0.3, -0.25) is 9.79 Å². The third kappa shape index (κ3) is 2.28. The molecule has 0 bridgehead atoms. The first-order valence-electron chi connectivity index (χ1n) is 5.67. The normalized spacial score (nSPS) is 19.7. The van der Waals surface area contributed by atoms with E-state index >= 15 is 0 Å². The molecule has 0 saturated carbocycles. The first-order chi connectivity index (χ1) is 8.09. The molecule has 1 aromatic rings. The maximum absolute atomic E-state index is 11.7. The molecular formula is C14H16N2O. The van der Waals surface area contributed by atoms with Gasteiger partial charge >= 0.3 is 0 Å². The van der Waals surface area contributed by atoms with Crippen LogP contribution in [0.15, 0.2) is 46.6 Å². The molecule has 0 fully saturated rings. The molecule has 0 spiro atoms. The van der Waals surface area contributed by atoms with Crippen molar-refractivity contribution in [3.05, 3.63) is 47.2 Å². The largest absolute Gasteiger partial charge is 0.348 e. The minimum absolute atomic E-state index is 0.0695. The standard InChI is InChI=1S/C14H16N2O/c1-9-13(10(2)17)14(16-11(3)15-9)12-7-5-4-6-8-12/h4-8,14H,1-3H3,(H,15,16). The van der Waals surface area contributed by atoms with E-state index in [2.05, 4.69) is 10.3 Å². The maximum atomic E-state index is 11.7. The summed E-state index contributed by atoms with van der Waals surface area (Å²) >= 11 is 0. The first kappa shape index (κ1) is 11.6. The van der Waals surface area contributed by atoms with Crippen LogP contribution in [0.25, 0.3) is 0 Å². The lowest BCUT2D eigenvalue weighted by atomic mass is 9.94. The van der Waals surface area contributed by atoms with Crippen LogP contribution < -0.4 is 5.32 Å². The number of nitrogens with one attached hydrogen (secondary N) is 1. The molecule has 0 amide bonds. The summed E-state index contributed by atoms with van der Waals surface area (Å²) in [4.78, 5) is 16.3. The summed E-state index contributed by atoms with van der Waals surface area (Å²) in [6.45, 7) is 5.42. The molecule has 1 aliphatic heterocycles. The fraction of sp³-hybridized carbons (Fsp3) is 0.286. The second kappa shape index (κ2) is 4.53. The van der Waals surface area contributed by atoms with Crippen molar-refractivity contribution in [2.45, 2.75) is 26.8 Å². The van der Waals surface area contributed by atoms with E-state index in [1.165, 1.54) is 0 Å². The fourth-order valence-corrected chi connectivity index (χ4v) is 2.17. The highest BCUT2D eigenvalue weighted by atomic mass is 16.1. The molecule has 0 saturated heterocycles. The number of carbonyl (C=O) groups excluding carboxylic acids is 1. The molecule has 1 N–H and O–H groups in total. The SMILES string of the molecule is CC(=O)C1=C(C)NC(C)=NC1c1ccccc1. The second-order valence-corrected chi connectivity index (χ2v) is 4.25. The van der Waals surface area contributed by atoms with Gasteiger partial charge in [-0.1, -0.05) is 30.3 Å². The molecule has 88 valence electrons. The summed E-state index contributed by atoms with van der Waals surface area (Å²) in [6.07, 6.45) is 0. The Morgan fingerprint density at radius 3 is 2.47 bits per heavy atom. The van der Waals surface area contributed by atoms with E-state index in [4.69, 9.17) is 0 Å². The topological polar surface area (TPSA) is 41.5 Å².